The Balaban J connectivity index is 1.39. The van der Waals surface area contributed by atoms with Gasteiger partial charge in [-0.2, -0.15) is 0 Å². The normalized spacial score (nSPS) is 25.2. The van der Waals surface area contributed by atoms with E-state index in [0.29, 0.717) is 11.5 Å². The lowest BCUT2D eigenvalue weighted by Crippen LogP contribution is -2.47. The maximum Gasteiger partial charge on any atom is 0.325 e. The molecule has 2 fully saturated rings. The van der Waals surface area contributed by atoms with Crippen molar-refractivity contribution in [2.45, 2.75) is 38.3 Å². The number of nitrogens with zero attached hydrogens (tertiary/aromatic N) is 1. The maximum atomic E-state index is 12.6. The topological polar surface area (TPSA) is 97.0 Å². The zero-order chi connectivity index (χ0) is 18.5. The number of ether oxygens (including phenoxy) is 2. The number of carbonyl (C=O) groups excluding carboxylic acids is 3. The minimum absolute atomic E-state index is 0.166. The first-order valence-electron chi connectivity index (χ1n) is 8.71. The number of rotatable bonds is 5. The average molecular weight is 359 g/mol. The summed E-state index contributed by atoms with van der Waals surface area (Å²) in [4.78, 5) is 38.1. The van der Waals surface area contributed by atoms with Gasteiger partial charge >= 0.3 is 6.03 Å². The van der Waals surface area contributed by atoms with Crippen LogP contribution in [0, 0.1) is 5.92 Å². The van der Waals surface area contributed by atoms with Gasteiger partial charge in [0.05, 0.1) is 6.04 Å². The highest BCUT2D eigenvalue weighted by molar-refractivity contribution is 6.09. The third kappa shape index (κ3) is 2.75. The Kier molecular flexibility index (Phi) is 3.78. The van der Waals surface area contributed by atoms with Crippen molar-refractivity contribution >= 4 is 17.8 Å². The molecule has 2 N–H and O–H groups in total. The molecule has 3 aliphatic rings. The molecule has 1 aromatic rings. The highest BCUT2D eigenvalue weighted by atomic mass is 16.7. The van der Waals surface area contributed by atoms with Crippen molar-refractivity contribution in [1.29, 1.82) is 0 Å². The summed E-state index contributed by atoms with van der Waals surface area (Å²) in [6.07, 6.45) is 1.84. The summed E-state index contributed by atoms with van der Waals surface area (Å²) in [5.74, 6) is 0.762. The van der Waals surface area contributed by atoms with Gasteiger partial charge in [0.1, 0.15) is 12.1 Å². The summed E-state index contributed by atoms with van der Waals surface area (Å²) in [7, 11) is 0. The molecule has 4 rings (SSSR count). The fraction of sp³-hybridized carbons (Fsp3) is 0.500. The predicted octanol–water partition coefficient (Wildman–Crippen LogP) is 1.31. The molecule has 0 spiro atoms. The Hall–Kier alpha value is -2.77. The van der Waals surface area contributed by atoms with Gasteiger partial charge in [-0.05, 0) is 50.3 Å². The molecule has 0 radical (unpaired) electrons. The number of benzene rings is 1. The van der Waals surface area contributed by atoms with E-state index in [-0.39, 0.29) is 31.2 Å². The summed E-state index contributed by atoms with van der Waals surface area (Å²) in [6.45, 7) is 3.46. The standard InChI is InChI=1S/C18H21N3O5/c1-10(11-3-6-13-14(7-11)26-9-25-13)19-15(22)8-21-16(23)18(2,12-4-5-12)20-17(21)24/h3,6-7,10,12H,4-5,8-9H2,1-2H3,(H,19,22)(H,20,24). The van der Waals surface area contributed by atoms with Crippen LogP contribution < -0.4 is 20.1 Å². The number of nitrogens with one attached hydrogen (secondary N) is 2. The van der Waals surface area contributed by atoms with Gasteiger partial charge in [0.2, 0.25) is 12.7 Å². The highest BCUT2D eigenvalue weighted by Gasteiger charge is 2.56. The molecule has 1 saturated heterocycles. The minimum Gasteiger partial charge on any atom is -0.454 e. The lowest BCUT2D eigenvalue weighted by atomic mass is 9.96. The average Bonchev–Trinajstić information content (AvgIpc) is 3.32. The molecule has 1 saturated carbocycles. The number of hydrogen-bond donors (Lipinski definition) is 2. The van der Waals surface area contributed by atoms with Crippen LogP contribution in [0.3, 0.4) is 0 Å². The Morgan fingerprint density at radius 3 is 2.81 bits per heavy atom. The second-order valence-electron chi connectivity index (χ2n) is 7.20. The van der Waals surface area contributed by atoms with E-state index in [1.807, 2.05) is 19.1 Å². The van der Waals surface area contributed by atoms with E-state index in [4.69, 9.17) is 9.47 Å². The van der Waals surface area contributed by atoms with Crippen molar-refractivity contribution in [2.75, 3.05) is 13.3 Å². The van der Waals surface area contributed by atoms with Crippen molar-refractivity contribution in [2.24, 2.45) is 5.92 Å². The van der Waals surface area contributed by atoms with Gasteiger partial charge in [-0.15, -0.1) is 0 Å². The summed E-state index contributed by atoms with van der Waals surface area (Å²) in [5, 5.41) is 5.56. The molecule has 8 heteroatoms. The lowest BCUT2D eigenvalue weighted by Gasteiger charge is -2.21. The van der Waals surface area contributed by atoms with Crippen LogP contribution in [0.1, 0.15) is 38.3 Å². The molecular weight excluding hydrogens is 338 g/mol. The van der Waals surface area contributed by atoms with Crippen molar-refractivity contribution in [1.82, 2.24) is 15.5 Å². The van der Waals surface area contributed by atoms with Crippen LogP contribution in [-0.2, 0) is 9.59 Å². The smallest absolute Gasteiger partial charge is 0.325 e. The maximum absolute atomic E-state index is 12.6. The van der Waals surface area contributed by atoms with Crippen molar-refractivity contribution in [3.8, 4) is 11.5 Å². The Bertz CT molecular complexity index is 791. The molecule has 2 heterocycles. The predicted molar refractivity (Wildman–Crippen MR) is 90.5 cm³/mol. The van der Waals surface area contributed by atoms with Crippen LogP contribution >= 0.6 is 0 Å². The SMILES string of the molecule is CC(NC(=O)CN1C(=O)NC(C)(C2CC2)C1=O)c1ccc2c(c1)OCO2. The second-order valence-corrected chi connectivity index (χ2v) is 7.20. The zero-order valence-electron chi connectivity index (χ0n) is 14.7. The van der Waals surface area contributed by atoms with Gasteiger partial charge in [0, 0.05) is 0 Å². The molecule has 1 aromatic carbocycles. The van der Waals surface area contributed by atoms with Gasteiger partial charge in [-0.3, -0.25) is 14.5 Å². The van der Waals surface area contributed by atoms with Crippen LogP contribution in [0.2, 0.25) is 0 Å². The summed E-state index contributed by atoms with van der Waals surface area (Å²) in [6, 6.07) is 4.64. The Morgan fingerprint density at radius 2 is 2.08 bits per heavy atom. The number of imide groups is 1. The van der Waals surface area contributed by atoms with E-state index in [9.17, 15) is 14.4 Å². The molecule has 2 unspecified atom stereocenters. The number of amides is 4. The first-order valence-corrected chi connectivity index (χ1v) is 8.71. The van der Waals surface area contributed by atoms with Crippen LogP contribution in [0.25, 0.3) is 0 Å². The number of carbonyl (C=O) groups is 3. The zero-order valence-corrected chi connectivity index (χ0v) is 14.7. The summed E-state index contributed by atoms with van der Waals surface area (Å²) < 4.78 is 10.6. The molecule has 2 aliphatic heterocycles. The molecule has 8 nitrogen and oxygen atoms in total. The quantitative estimate of drug-likeness (QED) is 0.773. The third-order valence-corrected chi connectivity index (χ3v) is 5.27. The minimum atomic E-state index is -0.875. The van der Waals surface area contributed by atoms with E-state index in [0.717, 1.165) is 23.3 Å². The van der Waals surface area contributed by atoms with E-state index >= 15 is 0 Å². The lowest BCUT2D eigenvalue weighted by molar-refractivity contribution is -0.135. The fourth-order valence-electron chi connectivity index (χ4n) is 3.49. The van der Waals surface area contributed by atoms with Gasteiger partial charge in [-0.25, -0.2) is 4.79 Å². The molecule has 2 atom stereocenters. The van der Waals surface area contributed by atoms with Crippen LogP contribution in [0.15, 0.2) is 18.2 Å². The van der Waals surface area contributed by atoms with Gasteiger partial charge in [-0.1, -0.05) is 6.07 Å². The van der Waals surface area contributed by atoms with Crippen LogP contribution in [-0.4, -0.2) is 41.6 Å². The van der Waals surface area contributed by atoms with Gasteiger partial charge in [0.15, 0.2) is 11.5 Å². The van der Waals surface area contributed by atoms with Crippen LogP contribution in [0.5, 0.6) is 11.5 Å². The Morgan fingerprint density at radius 1 is 1.35 bits per heavy atom. The third-order valence-electron chi connectivity index (χ3n) is 5.27. The molecule has 4 amide bonds. The van der Waals surface area contributed by atoms with E-state index in [1.54, 1.807) is 13.0 Å². The van der Waals surface area contributed by atoms with E-state index in [2.05, 4.69) is 10.6 Å². The van der Waals surface area contributed by atoms with E-state index < -0.39 is 17.5 Å². The van der Waals surface area contributed by atoms with Crippen molar-refractivity contribution < 1.29 is 23.9 Å². The molecular formula is C18H21N3O5. The van der Waals surface area contributed by atoms with E-state index in [1.165, 1.54) is 0 Å². The van der Waals surface area contributed by atoms with Gasteiger partial charge in [0.25, 0.3) is 5.91 Å². The number of urea groups is 1. The summed E-state index contributed by atoms with van der Waals surface area (Å²) in [5.41, 5.74) is -0.0251. The highest BCUT2D eigenvalue weighted by Crippen LogP contribution is 2.42. The monoisotopic (exact) mass is 359 g/mol. The number of fused-ring (bicyclic) bond motifs is 1. The fourth-order valence-corrected chi connectivity index (χ4v) is 3.49. The molecule has 1 aliphatic carbocycles. The van der Waals surface area contributed by atoms with Crippen molar-refractivity contribution in [3.63, 3.8) is 0 Å². The summed E-state index contributed by atoms with van der Waals surface area (Å²) >= 11 is 0. The second kappa shape index (κ2) is 5.89. The molecule has 26 heavy (non-hydrogen) atoms. The first-order chi connectivity index (χ1) is 12.4. The van der Waals surface area contributed by atoms with Crippen LogP contribution in [0.4, 0.5) is 4.79 Å². The van der Waals surface area contributed by atoms with Gasteiger partial charge < -0.3 is 20.1 Å². The largest absolute Gasteiger partial charge is 0.454 e. The molecule has 0 bridgehead atoms. The molecule has 138 valence electrons. The number of hydrogen-bond acceptors (Lipinski definition) is 5. The van der Waals surface area contributed by atoms with Crippen molar-refractivity contribution in [3.05, 3.63) is 23.8 Å². The first kappa shape index (κ1) is 16.7. The molecule has 0 aromatic heterocycles. The Labute approximate surface area is 150 Å².